The third-order valence-corrected chi connectivity index (χ3v) is 4.20. The molecule has 0 aliphatic heterocycles. The third-order valence-electron chi connectivity index (χ3n) is 4.20. The number of hydrogen-bond acceptors (Lipinski definition) is 4. The largest absolute Gasteiger partial charge is 0.369 e. The van der Waals surface area contributed by atoms with Gasteiger partial charge in [0.05, 0.1) is 16.6 Å². The van der Waals surface area contributed by atoms with Crippen molar-refractivity contribution in [2.24, 2.45) is 0 Å². The third kappa shape index (κ3) is 4.41. The van der Waals surface area contributed by atoms with Gasteiger partial charge in [0.15, 0.2) is 0 Å². The number of benzene rings is 2. The van der Waals surface area contributed by atoms with Crippen LogP contribution in [0.4, 0.5) is 14.6 Å². The van der Waals surface area contributed by atoms with Crippen molar-refractivity contribution in [1.29, 1.82) is 5.26 Å². The van der Waals surface area contributed by atoms with E-state index in [1.165, 1.54) is 0 Å². The standard InChI is InChI=1S/C21H18F2N4O/c1-13-3-4-14-10-15(12-24)20(27-19(14)9-13)25-7-2-8-26-21(28)17-6-5-16(22)11-18(17)23/h3-6,9-11H,2,7-8H2,1H3,(H,25,27)(H,26,28). The number of halogens is 2. The van der Waals surface area contributed by atoms with E-state index in [4.69, 9.17) is 0 Å². The van der Waals surface area contributed by atoms with E-state index >= 15 is 0 Å². The number of hydrogen-bond donors (Lipinski definition) is 2. The summed E-state index contributed by atoms with van der Waals surface area (Å²) < 4.78 is 26.5. The molecule has 5 nitrogen and oxygen atoms in total. The molecule has 0 aliphatic rings. The van der Waals surface area contributed by atoms with Crippen LogP contribution >= 0.6 is 0 Å². The van der Waals surface area contributed by atoms with Gasteiger partial charge in [0.2, 0.25) is 0 Å². The number of pyridine rings is 1. The summed E-state index contributed by atoms with van der Waals surface area (Å²) in [5, 5.41) is 15.9. The fourth-order valence-corrected chi connectivity index (χ4v) is 2.76. The maximum atomic E-state index is 13.6. The zero-order chi connectivity index (χ0) is 20.1. The number of fused-ring (bicyclic) bond motifs is 1. The Morgan fingerprint density at radius 1 is 1.14 bits per heavy atom. The summed E-state index contributed by atoms with van der Waals surface area (Å²) in [5.41, 5.74) is 2.11. The van der Waals surface area contributed by atoms with Crippen LogP contribution in [-0.2, 0) is 0 Å². The number of nitriles is 1. The van der Waals surface area contributed by atoms with Crippen LogP contribution in [0.2, 0.25) is 0 Å². The monoisotopic (exact) mass is 380 g/mol. The lowest BCUT2D eigenvalue weighted by atomic mass is 10.1. The van der Waals surface area contributed by atoms with Crippen molar-refractivity contribution >= 4 is 22.6 Å². The molecule has 3 rings (SSSR count). The Morgan fingerprint density at radius 3 is 2.71 bits per heavy atom. The number of anilines is 1. The molecular formula is C21H18F2N4O. The van der Waals surface area contributed by atoms with E-state index in [9.17, 15) is 18.8 Å². The molecule has 0 saturated carbocycles. The number of nitrogens with one attached hydrogen (secondary N) is 2. The topological polar surface area (TPSA) is 77.8 Å². The Labute approximate surface area is 161 Å². The van der Waals surface area contributed by atoms with Crippen molar-refractivity contribution in [3.05, 3.63) is 70.8 Å². The van der Waals surface area contributed by atoms with Gasteiger partial charge < -0.3 is 10.6 Å². The molecule has 3 aromatic rings. The zero-order valence-electron chi connectivity index (χ0n) is 15.2. The maximum Gasteiger partial charge on any atom is 0.254 e. The van der Waals surface area contributed by atoms with Crippen molar-refractivity contribution in [2.45, 2.75) is 13.3 Å². The first-order chi connectivity index (χ1) is 13.5. The van der Waals surface area contributed by atoms with Crippen LogP contribution in [0.3, 0.4) is 0 Å². The van der Waals surface area contributed by atoms with Crippen molar-refractivity contribution in [1.82, 2.24) is 10.3 Å². The van der Waals surface area contributed by atoms with Crippen molar-refractivity contribution in [2.75, 3.05) is 18.4 Å². The molecule has 1 amide bonds. The van der Waals surface area contributed by atoms with Crippen molar-refractivity contribution < 1.29 is 13.6 Å². The average molecular weight is 380 g/mol. The fraction of sp³-hybridized carbons (Fsp3) is 0.190. The summed E-state index contributed by atoms with van der Waals surface area (Å²) in [6.07, 6.45) is 0.535. The number of carbonyl (C=O) groups excluding carboxylic acids is 1. The minimum atomic E-state index is -0.898. The molecule has 2 N–H and O–H groups in total. The molecule has 0 radical (unpaired) electrons. The van der Waals surface area contributed by atoms with Gasteiger partial charge >= 0.3 is 0 Å². The van der Waals surface area contributed by atoms with Crippen LogP contribution in [0, 0.1) is 29.9 Å². The second-order valence-electron chi connectivity index (χ2n) is 6.35. The average Bonchev–Trinajstić information content (AvgIpc) is 2.66. The molecule has 28 heavy (non-hydrogen) atoms. The molecule has 142 valence electrons. The molecule has 2 aromatic carbocycles. The van der Waals surface area contributed by atoms with E-state index in [2.05, 4.69) is 21.7 Å². The van der Waals surface area contributed by atoms with Gasteiger partial charge in [-0.3, -0.25) is 4.79 Å². The van der Waals surface area contributed by atoms with E-state index in [-0.39, 0.29) is 12.1 Å². The lowest BCUT2D eigenvalue weighted by molar-refractivity contribution is 0.0949. The van der Waals surface area contributed by atoms with Crippen LogP contribution in [0.25, 0.3) is 10.9 Å². The first kappa shape index (κ1) is 19.2. The quantitative estimate of drug-likeness (QED) is 0.636. The fourth-order valence-electron chi connectivity index (χ4n) is 2.76. The normalized spacial score (nSPS) is 10.5. The number of nitrogens with zero attached hydrogens (tertiary/aromatic N) is 2. The highest BCUT2D eigenvalue weighted by molar-refractivity contribution is 5.94. The smallest absolute Gasteiger partial charge is 0.254 e. The van der Waals surface area contributed by atoms with Crippen LogP contribution in [-0.4, -0.2) is 24.0 Å². The molecule has 0 unspecified atom stereocenters. The highest BCUT2D eigenvalue weighted by Gasteiger charge is 2.12. The summed E-state index contributed by atoms with van der Waals surface area (Å²) in [4.78, 5) is 16.4. The molecule has 0 bridgehead atoms. The molecule has 0 saturated heterocycles. The van der Waals surface area contributed by atoms with Gasteiger partial charge in [0, 0.05) is 24.5 Å². The van der Waals surface area contributed by atoms with Gasteiger partial charge in [0.1, 0.15) is 23.5 Å². The molecule has 0 aliphatic carbocycles. The van der Waals surface area contributed by atoms with Crippen LogP contribution < -0.4 is 10.6 Å². The minimum absolute atomic E-state index is 0.201. The summed E-state index contributed by atoms with van der Waals surface area (Å²) >= 11 is 0. The van der Waals surface area contributed by atoms with E-state index in [1.807, 2.05) is 25.1 Å². The molecule has 1 heterocycles. The number of aryl methyl sites for hydroxylation is 1. The van der Waals surface area contributed by atoms with Crippen LogP contribution in [0.5, 0.6) is 0 Å². The van der Waals surface area contributed by atoms with Crippen molar-refractivity contribution in [3.8, 4) is 6.07 Å². The zero-order valence-corrected chi connectivity index (χ0v) is 15.2. The van der Waals surface area contributed by atoms with E-state index in [1.54, 1.807) is 6.07 Å². The highest BCUT2D eigenvalue weighted by atomic mass is 19.1. The molecule has 7 heteroatoms. The van der Waals surface area contributed by atoms with Gasteiger partial charge in [-0.2, -0.15) is 5.26 Å². The van der Waals surface area contributed by atoms with Gasteiger partial charge in [-0.15, -0.1) is 0 Å². The number of carbonyl (C=O) groups is 1. The van der Waals surface area contributed by atoms with Crippen LogP contribution in [0.15, 0.2) is 42.5 Å². The first-order valence-electron chi connectivity index (χ1n) is 8.76. The predicted molar refractivity (Wildman–Crippen MR) is 103 cm³/mol. The van der Waals surface area contributed by atoms with Crippen LogP contribution in [0.1, 0.15) is 27.9 Å². The lowest BCUT2D eigenvalue weighted by Gasteiger charge is -2.10. The predicted octanol–water partition coefficient (Wildman–Crippen LogP) is 3.93. The molecule has 0 atom stereocenters. The second kappa shape index (κ2) is 8.44. The van der Waals surface area contributed by atoms with Gasteiger partial charge in [-0.25, -0.2) is 13.8 Å². The van der Waals surface area contributed by atoms with Gasteiger partial charge in [0.25, 0.3) is 5.91 Å². The summed E-state index contributed by atoms with van der Waals surface area (Å²) in [5.74, 6) is -1.75. The second-order valence-corrected chi connectivity index (χ2v) is 6.35. The van der Waals surface area contributed by atoms with E-state index in [0.717, 1.165) is 28.6 Å². The molecular weight excluding hydrogens is 362 g/mol. The van der Waals surface area contributed by atoms with Gasteiger partial charge in [-0.1, -0.05) is 12.1 Å². The number of rotatable bonds is 6. The van der Waals surface area contributed by atoms with E-state index < -0.39 is 17.5 Å². The molecule has 0 fully saturated rings. The Bertz CT molecular complexity index is 1080. The summed E-state index contributed by atoms with van der Waals surface area (Å²) in [6, 6.07) is 12.6. The molecule has 1 aromatic heterocycles. The lowest BCUT2D eigenvalue weighted by Crippen LogP contribution is -2.26. The number of amides is 1. The Balaban J connectivity index is 1.56. The SMILES string of the molecule is Cc1ccc2cc(C#N)c(NCCCNC(=O)c3ccc(F)cc3F)nc2c1. The Kier molecular flexibility index (Phi) is 5.80. The van der Waals surface area contributed by atoms with E-state index in [0.29, 0.717) is 30.4 Å². The Hall–Kier alpha value is -3.53. The summed E-state index contributed by atoms with van der Waals surface area (Å²) in [7, 11) is 0. The number of aromatic nitrogens is 1. The maximum absolute atomic E-state index is 13.6. The highest BCUT2D eigenvalue weighted by Crippen LogP contribution is 2.21. The molecule has 0 spiro atoms. The Morgan fingerprint density at radius 2 is 1.96 bits per heavy atom. The van der Waals surface area contributed by atoms with Gasteiger partial charge in [-0.05, 0) is 43.2 Å². The minimum Gasteiger partial charge on any atom is -0.369 e. The first-order valence-corrected chi connectivity index (χ1v) is 8.76. The van der Waals surface area contributed by atoms with Crippen molar-refractivity contribution in [3.63, 3.8) is 0 Å². The summed E-state index contributed by atoms with van der Waals surface area (Å²) in [6.45, 7) is 2.72.